The van der Waals surface area contributed by atoms with E-state index in [2.05, 4.69) is 149 Å². The molecule has 12 heteroatoms. The van der Waals surface area contributed by atoms with Crippen LogP contribution in [0.5, 0.6) is 11.5 Å². The molecular weight excluding hydrogens is 649 g/mol. The zero-order valence-electron chi connectivity index (χ0n) is 32.7. The molecule has 0 saturated carbocycles. The molecule has 0 unspecified atom stereocenters. The number of nitrogens with zero attached hydrogens (tertiary/aromatic N) is 6. The summed E-state index contributed by atoms with van der Waals surface area (Å²) in [6.45, 7) is 42.6. The zero-order valence-corrected chi connectivity index (χ0v) is 36.2. The minimum absolute atomic E-state index is 0.0388. The fourth-order valence-electron chi connectivity index (χ4n) is 7.52. The van der Waals surface area contributed by atoms with Crippen LogP contribution in [0, 0.1) is 0 Å². The summed E-state index contributed by atoms with van der Waals surface area (Å²) >= 11 is 7.22. The van der Waals surface area contributed by atoms with Gasteiger partial charge in [-0.25, -0.2) is 0 Å². The van der Waals surface area contributed by atoms with Gasteiger partial charge in [-0.1, -0.05) is 0 Å². The Kier molecular flexibility index (Phi) is 13.9. The summed E-state index contributed by atoms with van der Waals surface area (Å²) in [4.78, 5) is 0. The van der Waals surface area contributed by atoms with Crippen LogP contribution in [0.4, 0.5) is 0 Å². The summed E-state index contributed by atoms with van der Waals surface area (Å²) in [6.07, 6.45) is -2.87. The van der Waals surface area contributed by atoms with Crippen LogP contribution in [0.3, 0.4) is 0 Å². The molecule has 0 aliphatic carbocycles. The number of amidine groups is 1. The monoisotopic (exact) mass is 718 g/mol. The van der Waals surface area contributed by atoms with Gasteiger partial charge in [-0.05, 0) is 0 Å². The van der Waals surface area contributed by atoms with Gasteiger partial charge in [-0.15, -0.1) is 0 Å². The van der Waals surface area contributed by atoms with E-state index in [1.807, 2.05) is 24.3 Å². The predicted octanol–water partition coefficient (Wildman–Crippen LogP) is 10.8. The molecule has 1 aromatic rings. The van der Waals surface area contributed by atoms with Crippen molar-refractivity contribution in [2.45, 2.75) is 159 Å². The van der Waals surface area contributed by atoms with E-state index in [1.165, 1.54) is 0 Å². The van der Waals surface area contributed by atoms with Gasteiger partial charge in [0.15, 0.2) is 0 Å². The molecule has 0 fully saturated rings. The summed E-state index contributed by atoms with van der Waals surface area (Å²) in [5.41, 5.74) is 0.719. The van der Waals surface area contributed by atoms with Crippen molar-refractivity contribution in [1.29, 1.82) is 0 Å². The van der Waals surface area contributed by atoms with E-state index in [0.29, 0.717) is 11.5 Å². The Hall–Kier alpha value is -0.360. The molecule has 0 spiro atoms. The molecule has 1 aliphatic rings. The summed E-state index contributed by atoms with van der Waals surface area (Å²) < 4.78 is 36.9. The van der Waals surface area contributed by atoms with Crippen molar-refractivity contribution in [2.75, 3.05) is 20.0 Å². The second kappa shape index (κ2) is 15.3. The predicted molar refractivity (Wildman–Crippen MR) is 212 cm³/mol. The van der Waals surface area contributed by atoms with Crippen LogP contribution in [0.25, 0.3) is 0 Å². The van der Waals surface area contributed by atoms with Crippen molar-refractivity contribution in [2.24, 2.45) is 9.51 Å². The molecule has 1 heterocycles. The van der Waals surface area contributed by atoms with Gasteiger partial charge in [0.25, 0.3) is 0 Å². The van der Waals surface area contributed by atoms with Gasteiger partial charge in [0.05, 0.1) is 0 Å². The fourth-order valence-corrected chi connectivity index (χ4v) is 21.9. The molecule has 0 saturated heterocycles. The van der Waals surface area contributed by atoms with Crippen molar-refractivity contribution in [3.8, 4) is 11.5 Å². The van der Waals surface area contributed by atoms with Gasteiger partial charge in [0, 0.05) is 0 Å². The normalized spacial score (nSPS) is 18.2. The standard InChI is InChI=1S/C34H69N6O2P3S/c1-24(2)37(25(3)4)44(46,38(26(5)6)27(7)8)34(35-43(17,18)19)36-45(39(28(9)10)29(11)12,40(30(13)14)31(15)16)41-32-22-20-21-23-33(32)42-45/h20-31H,1-19H3/b36-34+. The number of rotatable bonds is 14. The number of hydrogen-bond acceptors (Lipinski definition) is 6. The molecule has 2 rings (SSSR count). The number of hydrogen-bond donors (Lipinski definition) is 0. The maximum atomic E-state index is 7.55. The van der Waals surface area contributed by atoms with E-state index in [-0.39, 0.29) is 48.3 Å². The third-order valence-corrected chi connectivity index (χ3v) is 19.5. The van der Waals surface area contributed by atoms with Gasteiger partial charge in [-0.3, -0.25) is 0 Å². The first-order valence-electron chi connectivity index (χ1n) is 17.3. The van der Waals surface area contributed by atoms with Crippen LogP contribution in [0.2, 0.25) is 0 Å². The molecule has 8 nitrogen and oxygen atoms in total. The van der Waals surface area contributed by atoms with Gasteiger partial charge in [0.2, 0.25) is 0 Å². The van der Waals surface area contributed by atoms with Crippen LogP contribution < -0.4 is 9.05 Å². The van der Waals surface area contributed by atoms with E-state index < -0.39 is 20.9 Å². The second-order valence-corrected chi connectivity index (χ2v) is 26.9. The van der Waals surface area contributed by atoms with Crippen molar-refractivity contribution in [3.05, 3.63) is 24.3 Å². The van der Waals surface area contributed by atoms with Crippen LogP contribution >= 0.6 is 20.9 Å². The Labute approximate surface area is 289 Å². The van der Waals surface area contributed by atoms with Gasteiger partial charge in [0.1, 0.15) is 0 Å². The molecule has 0 aromatic heterocycles. The average Bonchev–Trinajstić information content (AvgIpc) is 3.15. The second-order valence-electron chi connectivity index (χ2n) is 15.7. The summed E-state index contributed by atoms with van der Waals surface area (Å²) in [6, 6.07) is 8.88. The minimum atomic E-state index is -4.46. The zero-order chi connectivity index (χ0) is 35.8. The van der Waals surface area contributed by atoms with Crippen molar-refractivity contribution in [3.63, 3.8) is 0 Å². The van der Waals surface area contributed by atoms with E-state index in [1.54, 1.807) is 0 Å². The van der Waals surface area contributed by atoms with E-state index in [4.69, 9.17) is 30.4 Å². The summed E-state index contributed by atoms with van der Waals surface area (Å²) in [7, 11) is -6.30. The molecule has 268 valence electrons. The molecule has 0 N–H and O–H groups in total. The van der Waals surface area contributed by atoms with Crippen molar-refractivity contribution < 1.29 is 9.05 Å². The SMILES string of the molecule is CC(C)N(C(C)C)P(=S)(/C(N=P(C)(C)C)=N/P1(N(C(C)C)C(C)C)(N(C(C)C)C(C)C)Oc2ccccc2O1)N(C(C)C)C(C)C. The molecule has 0 radical (unpaired) electrons. The van der Waals surface area contributed by atoms with Crippen LogP contribution in [0.15, 0.2) is 33.8 Å². The van der Waals surface area contributed by atoms with Crippen LogP contribution in [-0.4, -0.2) is 92.6 Å². The number of fused-ring (bicyclic) bond motifs is 1. The van der Waals surface area contributed by atoms with Crippen molar-refractivity contribution >= 4 is 38.3 Å². The van der Waals surface area contributed by atoms with Crippen LogP contribution in [0.1, 0.15) is 111 Å². The van der Waals surface area contributed by atoms with E-state index >= 15 is 0 Å². The van der Waals surface area contributed by atoms with E-state index in [0.717, 1.165) is 5.58 Å². The Morgan fingerprint density at radius 2 is 0.891 bits per heavy atom. The Bertz CT molecular complexity index is 1210. The number of para-hydroxylation sites is 2. The molecule has 1 aliphatic heterocycles. The molecular formula is C34H69N6O2P3S. The molecule has 0 atom stereocenters. The summed E-state index contributed by atoms with van der Waals surface area (Å²) in [5, 5.41) is 0. The third-order valence-electron chi connectivity index (χ3n) is 7.92. The molecule has 0 amide bonds. The fraction of sp³-hybridized carbons (Fsp3) is 0.794. The maximum absolute atomic E-state index is 7.55. The average molecular weight is 719 g/mol. The number of benzene rings is 1. The van der Waals surface area contributed by atoms with Crippen LogP contribution in [-0.2, 0) is 11.8 Å². The van der Waals surface area contributed by atoms with Gasteiger partial charge >= 0.3 is 290 Å². The van der Waals surface area contributed by atoms with E-state index in [9.17, 15) is 0 Å². The topological polar surface area (TPSA) is 56.1 Å². The quantitative estimate of drug-likeness (QED) is 0.108. The first-order chi connectivity index (χ1) is 20.9. The van der Waals surface area contributed by atoms with Crippen molar-refractivity contribution in [1.82, 2.24) is 18.7 Å². The molecule has 0 bridgehead atoms. The first kappa shape index (κ1) is 41.8. The van der Waals surface area contributed by atoms with Gasteiger partial charge < -0.3 is 0 Å². The summed E-state index contributed by atoms with van der Waals surface area (Å²) in [5.74, 6) is 1.43. The molecule has 1 aromatic carbocycles. The van der Waals surface area contributed by atoms with Gasteiger partial charge in [-0.2, -0.15) is 0 Å². The Morgan fingerprint density at radius 1 is 0.587 bits per heavy atom. The first-order valence-corrected chi connectivity index (χ1v) is 25.0. The molecule has 46 heavy (non-hydrogen) atoms. The Balaban J connectivity index is 3.54. The Morgan fingerprint density at radius 3 is 1.13 bits per heavy atom. The third kappa shape index (κ3) is 7.99.